The van der Waals surface area contributed by atoms with Gasteiger partial charge in [-0.2, -0.15) is 17.3 Å². The van der Waals surface area contributed by atoms with Gasteiger partial charge in [-0.15, -0.1) is 0 Å². The summed E-state index contributed by atoms with van der Waals surface area (Å²) >= 11 is 0. The Balaban J connectivity index is -0.000000405. The summed E-state index contributed by atoms with van der Waals surface area (Å²) in [7, 11) is 0. The van der Waals surface area contributed by atoms with Crippen molar-refractivity contribution in [1.82, 2.24) is 5.32 Å². The van der Waals surface area contributed by atoms with Crippen molar-refractivity contribution >= 4 is 0 Å². The van der Waals surface area contributed by atoms with E-state index in [1.54, 1.807) is 0 Å². The third kappa shape index (κ3) is 17.5. The Kier molecular flexibility index (Phi) is 13.3. The molecule has 0 aromatic rings. The Labute approximate surface area is 163 Å². The molecule has 1 rings (SSSR count). The van der Waals surface area contributed by atoms with E-state index < -0.39 is 0 Å². The van der Waals surface area contributed by atoms with Gasteiger partial charge in [-0.25, -0.2) is 6.04 Å². The first-order chi connectivity index (χ1) is 8.18. The molecule has 0 aromatic heterocycles. The molecule has 0 radical (unpaired) electrons. The Morgan fingerprint density at radius 3 is 1.62 bits per heavy atom. The van der Waals surface area contributed by atoms with E-state index in [0.717, 1.165) is 0 Å². The second kappa shape index (κ2) is 10.3. The van der Waals surface area contributed by atoms with Gasteiger partial charge in [0.1, 0.15) is 0 Å². The van der Waals surface area contributed by atoms with Crippen molar-refractivity contribution in [2.45, 2.75) is 80.8 Å². The molecule has 2 atom stereocenters. The van der Waals surface area contributed by atoms with Crippen molar-refractivity contribution in [3.05, 3.63) is 19.8 Å². The molecule has 1 N–H and O–H groups in total. The first-order valence-electron chi connectivity index (χ1n) is 7.49. The normalized spacial score (nSPS) is 22.6. The predicted molar refractivity (Wildman–Crippen MR) is 87.7 cm³/mol. The summed E-state index contributed by atoms with van der Waals surface area (Å²) in [6.07, 6.45) is 6.00. The topological polar surface area (TPSA) is 12.0 Å². The Morgan fingerprint density at radius 2 is 1.38 bits per heavy atom. The molecule has 0 aliphatic carbocycles. The van der Waals surface area contributed by atoms with Gasteiger partial charge < -0.3 is 25.1 Å². The molecule has 21 heavy (non-hydrogen) atoms. The number of nitrogens with one attached hydrogen (secondary N) is 1. The van der Waals surface area contributed by atoms with E-state index >= 15 is 0 Å². The summed E-state index contributed by atoms with van der Waals surface area (Å²) in [6.45, 7) is 23.7. The summed E-state index contributed by atoms with van der Waals surface area (Å²) < 4.78 is 0. The Hall–Kier alpha value is 1.34. The van der Waals surface area contributed by atoms with Crippen LogP contribution in [-0.2, 0) is 42.1 Å². The molecular formula is C18H36NW2-. The van der Waals surface area contributed by atoms with Crippen LogP contribution in [0.2, 0.25) is 0 Å². The van der Waals surface area contributed by atoms with Gasteiger partial charge >= 0.3 is 21.1 Å². The average Bonchev–Trinajstić information content (AvgIpc) is 2.44. The molecule has 0 amide bonds. The molecule has 0 saturated carbocycles. The van der Waals surface area contributed by atoms with E-state index in [-0.39, 0.29) is 47.5 Å². The van der Waals surface area contributed by atoms with Crippen molar-refractivity contribution in [2.75, 3.05) is 0 Å². The van der Waals surface area contributed by atoms with Gasteiger partial charge in [-0.3, -0.25) is 0 Å². The van der Waals surface area contributed by atoms with Crippen molar-refractivity contribution in [3.8, 4) is 0 Å². The fraction of sp³-hybridized carbons (Fsp3) is 0.833. The molecule has 0 spiro atoms. The Morgan fingerprint density at radius 1 is 1.00 bits per heavy atom. The molecule has 1 aliphatic heterocycles. The van der Waals surface area contributed by atoms with E-state index in [0.29, 0.717) is 22.9 Å². The monoisotopic (exact) mass is 634 g/mol. The molecule has 1 heterocycles. The predicted octanol–water partition coefficient (Wildman–Crippen LogP) is 5.08. The molecule has 0 bridgehead atoms. The van der Waals surface area contributed by atoms with Gasteiger partial charge in [0.05, 0.1) is 0 Å². The minimum absolute atomic E-state index is 0. The fourth-order valence-corrected chi connectivity index (χ4v) is 1.91. The molecule has 1 saturated heterocycles. The van der Waals surface area contributed by atoms with Gasteiger partial charge in [0, 0.05) is 21.1 Å². The van der Waals surface area contributed by atoms with E-state index in [1.807, 2.05) is 0 Å². The SMILES string of the molecule is CC(C)(C)[CH-]C1[CH-]CC(C(C)(C)C)N1.[CH2-]C(C)(C)C.[W+2].[W]. The minimum atomic E-state index is 0. The summed E-state index contributed by atoms with van der Waals surface area (Å²) in [5.74, 6) is 0. The molecule has 0 aromatic carbocycles. The van der Waals surface area contributed by atoms with Crippen molar-refractivity contribution in [2.24, 2.45) is 16.2 Å². The first-order valence-corrected chi connectivity index (χ1v) is 7.49. The maximum atomic E-state index is 3.77. The fourth-order valence-electron chi connectivity index (χ4n) is 1.91. The van der Waals surface area contributed by atoms with Crippen molar-refractivity contribution < 1.29 is 42.1 Å². The van der Waals surface area contributed by atoms with Gasteiger partial charge in [-0.1, -0.05) is 62.3 Å². The number of rotatable bonds is 1. The van der Waals surface area contributed by atoms with Crippen LogP contribution < -0.4 is 5.32 Å². The molecule has 3 heteroatoms. The molecule has 1 aliphatic rings. The quantitative estimate of drug-likeness (QED) is 0.398. The van der Waals surface area contributed by atoms with Gasteiger partial charge in [0.25, 0.3) is 0 Å². The van der Waals surface area contributed by atoms with E-state index in [2.05, 4.69) is 87.4 Å². The molecular weight excluding hydrogens is 598 g/mol. The van der Waals surface area contributed by atoms with Crippen LogP contribution in [0.1, 0.15) is 68.7 Å². The molecule has 126 valence electrons. The first kappa shape index (κ1) is 27.2. The van der Waals surface area contributed by atoms with Crippen LogP contribution in [0.3, 0.4) is 0 Å². The maximum Gasteiger partial charge on any atom is 2.00 e. The van der Waals surface area contributed by atoms with Gasteiger partial charge in [-0.05, 0) is 11.5 Å². The summed E-state index contributed by atoms with van der Waals surface area (Å²) in [5.41, 5.74) is 0.928. The van der Waals surface area contributed by atoms with Crippen molar-refractivity contribution in [1.29, 1.82) is 0 Å². The van der Waals surface area contributed by atoms with Crippen LogP contribution >= 0.6 is 0 Å². The van der Waals surface area contributed by atoms with Gasteiger partial charge in [0.2, 0.25) is 0 Å². The third-order valence-electron chi connectivity index (χ3n) is 2.74. The van der Waals surface area contributed by atoms with Crippen LogP contribution in [0.4, 0.5) is 0 Å². The van der Waals surface area contributed by atoms with E-state index in [1.165, 1.54) is 6.42 Å². The van der Waals surface area contributed by atoms with Crippen LogP contribution in [-0.4, -0.2) is 12.1 Å². The largest absolute Gasteiger partial charge is 2.00 e. The maximum absolute atomic E-state index is 3.77. The number of hydrogen-bond donors (Lipinski definition) is 1. The zero-order valence-electron chi connectivity index (χ0n) is 15.5. The summed E-state index contributed by atoms with van der Waals surface area (Å²) in [6, 6.07) is 1.13. The summed E-state index contributed by atoms with van der Waals surface area (Å²) in [5, 5.41) is 3.68. The molecule has 1 nitrogen and oxygen atoms in total. The van der Waals surface area contributed by atoms with E-state index in [4.69, 9.17) is 0 Å². The zero-order valence-corrected chi connectivity index (χ0v) is 21.4. The second-order valence-corrected chi connectivity index (χ2v) is 9.18. The van der Waals surface area contributed by atoms with Crippen LogP contribution in [0.15, 0.2) is 0 Å². The Bertz CT molecular complexity index is 250. The zero-order chi connectivity index (χ0) is 15.5. The van der Waals surface area contributed by atoms with E-state index in [9.17, 15) is 0 Å². The number of hydrogen-bond acceptors (Lipinski definition) is 1. The minimum Gasteiger partial charge on any atom is -0.371 e. The summed E-state index contributed by atoms with van der Waals surface area (Å²) in [4.78, 5) is 0. The standard InChI is InChI=1S/C13H25N.C5H11.2W/c1-12(2,3)9-10-7-8-11(14-10)13(4,5)6;1-5(2,3)4;;/h7,9-11,14H,8H2,1-6H3;1H2,2-4H3;;/q-2;-1;;+2. The third-order valence-corrected chi connectivity index (χ3v) is 2.74. The van der Waals surface area contributed by atoms with Crippen LogP contribution in [0.5, 0.6) is 0 Å². The van der Waals surface area contributed by atoms with Crippen LogP contribution in [0.25, 0.3) is 0 Å². The second-order valence-electron chi connectivity index (χ2n) is 9.18. The smallest absolute Gasteiger partial charge is 0.371 e. The molecule has 1 fully saturated rings. The van der Waals surface area contributed by atoms with Gasteiger partial charge in [0.15, 0.2) is 0 Å². The average molecular weight is 634 g/mol. The molecule has 2 unspecified atom stereocenters. The van der Waals surface area contributed by atoms with Crippen LogP contribution in [0, 0.1) is 36.0 Å². The van der Waals surface area contributed by atoms with Crippen molar-refractivity contribution in [3.63, 3.8) is 0 Å².